The molecule has 0 bridgehead atoms. The Hall–Kier alpha value is -2.18. The molecule has 2 amide bonds. The van der Waals surface area contributed by atoms with Gasteiger partial charge in [-0.2, -0.15) is 0 Å². The van der Waals surface area contributed by atoms with E-state index in [9.17, 15) is 9.59 Å². The summed E-state index contributed by atoms with van der Waals surface area (Å²) in [5.41, 5.74) is 0.476. The summed E-state index contributed by atoms with van der Waals surface area (Å²) in [6.45, 7) is 8.42. The van der Waals surface area contributed by atoms with Gasteiger partial charge in [0.05, 0.1) is 0 Å². The average Bonchev–Trinajstić information content (AvgIpc) is 2.60. The van der Waals surface area contributed by atoms with Crippen LogP contribution in [0.15, 0.2) is 6.07 Å². The zero-order valence-electron chi connectivity index (χ0n) is 14.4. The number of hydrogen-bond acceptors (Lipinski definition) is 5. The van der Waals surface area contributed by atoms with Gasteiger partial charge in [0.1, 0.15) is 17.3 Å². The van der Waals surface area contributed by atoms with Gasteiger partial charge in [0.2, 0.25) is 6.41 Å². The molecule has 0 N–H and O–H groups in total. The monoisotopic (exact) mass is 331 g/mol. The standard InChI is InChI=1S/C17H25N5O2/c1-13-4-3-5-22(11-13)17(24)15-10-16(19-14(2)18-15)21-8-6-20(12-23)7-9-21/h10,12-13H,3-9,11H2,1-2H3. The molecule has 0 aliphatic carbocycles. The van der Waals surface area contributed by atoms with Gasteiger partial charge < -0.3 is 14.7 Å². The maximum absolute atomic E-state index is 12.8. The van der Waals surface area contributed by atoms with Gasteiger partial charge in [-0.15, -0.1) is 0 Å². The van der Waals surface area contributed by atoms with E-state index in [1.807, 2.05) is 11.8 Å². The first-order valence-electron chi connectivity index (χ1n) is 8.66. The van der Waals surface area contributed by atoms with E-state index in [0.717, 1.165) is 44.8 Å². The van der Waals surface area contributed by atoms with Gasteiger partial charge in [-0.1, -0.05) is 6.92 Å². The Morgan fingerprint density at radius 3 is 2.62 bits per heavy atom. The summed E-state index contributed by atoms with van der Waals surface area (Å²) in [6, 6.07) is 1.80. The molecule has 2 aliphatic rings. The molecule has 1 aromatic heterocycles. The second-order valence-electron chi connectivity index (χ2n) is 6.79. The number of rotatable bonds is 3. The van der Waals surface area contributed by atoms with Gasteiger partial charge in [-0.3, -0.25) is 9.59 Å². The number of nitrogens with zero attached hydrogens (tertiary/aromatic N) is 5. The van der Waals surface area contributed by atoms with E-state index < -0.39 is 0 Å². The first-order chi connectivity index (χ1) is 11.6. The van der Waals surface area contributed by atoms with Crippen molar-refractivity contribution in [1.29, 1.82) is 0 Å². The first-order valence-corrected chi connectivity index (χ1v) is 8.66. The summed E-state index contributed by atoms with van der Waals surface area (Å²) < 4.78 is 0. The summed E-state index contributed by atoms with van der Waals surface area (Å²) in [5, 5.41) is 0. The highest BCUT2D eigenvalue weighted by molar-refractivity contribution is 5.93. The van der Waals surface area contributed by atoms with Crippen molar-refractivity contribution in [3.05, 3.63) is 17.6 Å². The van der Waals surface area contributed by atoms with Crippen LogP contribution in [0.25, 0.3) is 0 Å². The number of piperidine rings is 1. The molecular formula is C17H25N5O2. The van der Waals surface area contributed by atoms with Gasteiger partial charge in [-0.25, -0.2) is 9.97 Å². The molecule has 3 rings (SSSR count). The lowest BCUT2D eigenvalue weighted by Crippen LogP contribution is -2.46. The van der Waals surface area contributed by atoms with Crippen molar-refractivity contribution >= 4 is 18.1 Å². The van der Waals surface area contributed by atoms with E-state index in [4.69, 9.17) is 0 Å². The number of anilines is 1. The van der Waals surface area contributed by atoms with Gasteiger partial charge in [0, 0.05) is 45.3 Å². The van der Waals surface area contributed by atoms with Crippen LogP contribution in [-0.4, -0.2) is 71.4 Å². The van der Waals surface area contributed by atoms with Crippen molar-refractivity contribution in [1.82, 2.24) is 19.8 Å². The lowest BCUT2D eigenvalue weighted by Gasteiger charge is -2.34. The third-order valence-corrected chi connectivity index (χ3v) is 4.78. The van der Waals surface area contributed by atoms with E-state index in [1.165, 1.54) is 6.42 Å². The van der Waals surface area contributed by atoms with Crippen molar-refractivity contribution in [2.75, 3.05) is 44.2 Å². The summed E-state index contributed by atoms with van der Waals surface area (Å²) >= 11 is 0. The largest absolute Gasteiger partial charge is 0.353 e. The molecule has 2 fully saturated rings. The number of amides is 2. The maximum atomic E-state index is 12.8. The smallest absolute Gasteiger partial charge is 0.272 e. The summed E-state index contributed by atoms with van der Waals surface area (Å²) in [5.74, 6) is 1.93. The number of carbonyl (C=O) groups excluding carboxylic acids is 2. The summed E-state index contributed by atoms with van der Waals surface area (Å²) in [4.78, 5) is 38.3. The molecule has 0 spiro atoms. The van der Waals surface area contributed by atoms with Gasteiger partial charge in [-0.05, 0) is 25.7 Å². The Balaban J connectivity index is 1.76. The van der Waals surface area contributed by atoms with Crippen molar-refractivity contribution in [3.63, 3.8) is 0 Å². The summed E-state index contributed by atoms with van der Waals surface area (Å²) in [7, 11) is 0. The third kappa shape index (κ3) is 3.66. The van der Waals surface area contributed by atoms with Crippen LogP contribution in [0.4, 0.5) is 5.82 Å². The van der Waals surface area contributed by atoms with E-state index >= 15 is 0 Å². The van der Waals surface area contributed by atoms with Gasteiger partial charge in [0.15, 0.2) is 0 Å². The van der Waals surface area contributed by atoms with Crippen LogP contribution in [0.5, 0.6) is 0 Å². The van der Waals surface area contributed by atoms with Gasteiger partial charge in [0.25, 0.3) is 5.91 Å². The quantitative estimate of drug-likeness (QED) is 0.771. The molecule has 0 aromatic carbocycles. The van der Waals surface area contributed by atoms with Crippen LogP contribution in [0.2, 0.25) is 0 Å². The summed E-state index contributed by atoms with van der Waals surface area (Å²) in [6.07, 6.45) is 3.12. The SMILES string of the molecule is Cc1nc(C(=O)N2CCCC(C)C2)cc(N2CCN(C=O)CC2)n1. The molecule has 24 heavy (non-hydrogen) atoms. The Labute approximate surface area is 142 Å². The second-order valence-corrected chi connectivity index (χ2v) is 6.79. The molecule has 3 heterocycles. The second kappa shape index (κ2) is 7.15. The zero-order chi connectivity index (χ0) is 17.1. The van der Waals surface area contributed by atoms with E-state index in [-0.39, 0.29) is 5.91 Å². The molecule has 7 nitrogen and oxygen atoms in total. The highest BCUT2D eigenvalue weighted by Gasteiger charge is 2.25. The van der Waals surface area contributed by atoms with Crippen LogP contribution in [0.3, 0.4) is 0 Å². The predicted molar refractivity (Wildman–Crippen MR) is 90.9 cm³/mol. The molecule has 0 radical (unpaired) electrons. The number of aromatic nitrogens is 2. The minimum absolute atomic E-state index is 0.000160. The van der Waals surface area contributed by atoms with E-state index in [0.29, 0.717) is 30.5 Å². The molecule has 0 saturated carbocycles. The Bertz CT molecular complexity index is 613. The van der Waals surface area contributed by atoms with Crippen LogP contribution in [0, 0.1) is 12.8 Å². The lowest BCUT2D eigenvalue weighted by atomic mass is 10.00. The average molecular weight is 331 g/mol. The molecular weight excluding hydrogens is 306 g/mol. The Morgan fingerprint density at radius 2 is 1.96 bits per heavy atom. The zero-order valence-corrected chi connectivity index (χ0v) is 14.4. The van der Waals surface area contributed by atoms with Crippen molar-refractivity contribution in [3.8, 4) is 0 Å². The highest BCUT2D eigenvalue weighted by Crippen LogP contribution is 2.20. The maximum Gasteiger partial charge on any atom is 0.272 e. The minimum Gasteiger partial charge on any atom is -0.353 e. The molecule has 1 aromatic rings. The molecule has 1 atom stereocenters. The highest BCUT2D eigenvalue weighted by atomic mass is 16.2. The Kier molecular flexibility index (Phi) is 4.97. The number of hydrogen-bond donors (Lipinski definition) is 0. The fourth-order valence-electron chi connectivity index (χ4n) is 3.42. The topological polar surface area (TPSA) is 69.6 Å². The fourth-order valence-corrected chi connectivity index (χ4v) is 3.42. The molecule has 130 valence electrons. The van der Waals surface area contributed by atoms with Gasteiger partial charge >= 0.3 is 0 Å². The van der Waals surface area contributed by atoms with Crippen LogP contribution in [-0.2, 0) is 4.79 Å². The fraction of sp³-hybridized carbons (Fsp3) is 0.647. The first kappa shape index (κ1) is 16.7. The number of carbonyl (C=O) groups is 2. The molecule has 7 heteroatoms. The lowest BCUT2D eigenvalue weighted by molar-refractivity contribution is -0.118. The number of aryl methyl sites for hydroxylation is 1. The molecule has 2 aliphatic heterocycles. The third-order valence-electron chi connectivity index (χ3n) is 4.78. The number of piperazine rings is 1. The van der Waals surface area contributed by atoms with Crippen LogP contribution in [0.1, 0.15) is 36.1 Å². The molecule has 2 saturated heterocycles. The Morgan fingerprint density at radius 1 is 1.21 bits per heavy atom. The molecule has 1 unspecified atom stereocenters. The normalized spacial score (nSPS) is 21.8. The van der Waals surface area contributed by atoms with Crippen LogP contribution < -0.4 is 4.90 Å². The van der Waals surface area contributed by atoms with E-state index in [2.05, 4.69) is 21.8 Å². The predicted octanol–water partition coefficient (Wildman–Crippen LogP) is 0.936. The van der Waals surface area contributed by atoms with Crippen molar-refractivity contribution in [2.24, 2.45) is 5.92 Å². The van der Waals surface area contributed by atoms with Crippen molar-refractivity contribution < 1.29 is 9.59 Å². The number of likely N-dealkylation sites (tertiary alicyclic amines) is 1. The minimum atomic E-state index is -0.000160. The van der Waals surface area contributed by atoms with E-state index in [1.54, 1.807) is 11.0 Å². The van der Waals surface area contributed by atoms with Crippen molar-refractivity contribution in [2.45, 2.75) is 26.7 Å². The van der Waals surface area contributed by atoms with Crippen LogP contribution >= 0.6 is 0 Å².